The lowest BCUT2D eigenvalue weighted by Gasteiger charge is -2.13. The van der Waals surface area contributed by atoms with Crippen molar-refractivity contribution in [3.8, 4) is 0 Å². The molecule has 1 unspecified atom stereocenters. The van der Waals surface area contributed by atoms with Crippen LogP contribution in [0.2, 0.25) is 0 Å². The van der Waals surface area contributed by atoms with Crippen LogP contribution in [0.3, 0.4) is 0 Å². The standard InChI is InChI=1S/C10H17F2NO/c1-7(2)5-9(14)13-8-3-4-10(11,12)6-8/h7-8H,3-6H2,1-2H3,(H,13,14). The molecule has 1 aliphatic carbocycles. The third-order valence-corrected chi connectivity index (χ3v) is 2.36. The number of alkyl halides is 2. The SMILES string of the molecule is CC(C)CC(=O)NC1CCC(F)(F)C1. The Morgan fingerprint density at radius 3 is 2.64 bits per heavy atom. The van der Waals surface area contributed by atoms with Gasteiger partial charge in [-0.25, -0.2) is 8.78 Å². The van der Waals surface area contributed by atoms with Crippen LogP contribution in [0.25, 0.3) is 0 Å². The summed E-state index contributed by atoms with van der Waals surface area (Å²) in [6, 6.07) is -0.323. The molecule has 1 fully saturated rings. The average molecular weight is 205 g/mol. The van der Waals surface area contributed by atoms with Gasteiger partial charge in [0.2, 0.25) is 11.8 Å². The number of carbonyl (C=O) groups excluding carboxylic acids is 1. The number of hydrogen-bond donors (Lipinski definition) is 1. The zero-order valence-electron chi connectivity index (χ0n) is 8.65. The lowest BCUT2D eigenvalue weighted by Crippen LogP contribution is -2.34. The smallest absolute Gasteiger partial charge is 0.250 e. The van der Waals surface area contributed by atoms with Gasteiger partial charge < -0.3 is 5.32 Å². The molecule has 0 aromatic heterocycles. The van der Waals surface area contributed by atoms with Gasteiger partial charge in [0.15, 0.2) is 0 Å². The van der Waals surface area contributed by atoms with Gasteiger partial charge in [-0.2, -0.15) is 0 Å². The Balaban J connectivity index is 2.29. The fourth-order valence-electron chi connectivity index (χ4n) is 1.73. The van der Waals surface area contributed by atoms with Gasteiger partial charge in [-0.1, -0.05) is 13.8 Å². The van der Waals surface area contributed by atoms with E-state index in [2.05, 4.69) is 5.32 Å². The summed E-state index contributed by atoms with van der Waals surface area (Å²) >= 11 is 0. The topological polar surface area (TPSA) is 29.1 Å². The minimum absolute atomic E-state index is 0.0976. The Kier molecular flexibility index (Phi) is 3.45. The summed E-state index contributed by atoms with van der Waals surface area (Å²) in [4.78, 5) is 11.3. The molecule has 82 valence electrons. The first-order valence-electron chi connectivity index (χ1n) is 5.06. The van der Waals surface area contributed by atoms with E-state index in [9.17, 15) is 13.6 Å². The molecule has 0 heterocycles. The monoisotopic (exact) mass is 205 g/mol. The molecule has 0 bridgehead atoms. The Hall–Kier alpha value is -0.670. The van der Waals surface area contributed by atoms with Crippen molar-refractivity contribution in [2.45, 2.75) is 51.5 Å². The van der Waals surface area contributed by atoms with Crippen LogP contribution in [0.4, 0.5) is 8.78 Å². The minimum atomic E-state index is -2.57. The molecule has 1 saturated carbocycles. The van der Waals surface area contributed by atoms with E-state index in [0.717, 1.165) is 0 Å². The van der Waals surface area contributed by atoms with Crippen molar-refractivity contribution < 1.29 is 13.6 Å². The van der Waals surface area contributed by atoms with Gasteiger partial charge in [0.1, 0.15) is 0 Å². The van der Waals surface area contributed by atoms with Crippen molar-refractivity contribution in [2.75, 3.05) is 0 Å². The van der Waals surface area contributed by atoms with Crippen LogP contribution in [0.15, 0.2) is 0 Å². The normalized spacial score (nSPS) is 25.4. The van der Waals surface area contributed by atoms with Crippen LogP contribution in [0.1, 0.15) is 39.5 Å². The quantitative estimate of drug-likeness (QED) is 0.752. The van der Waals surface area contributed by atoms with E-state index in [0.29, 0.717) is 12.8 Å². The van der Waals surface area contributed by atoms with Gasteiger partial charge in [-0.3, -0.25) is 4.79 Å². The van der Waals surface area contributed by atoms with Gasteiger partial charge in [0.25, 0.3) is 0 Å². The number of nitrogens with one attached hydrogen (secondary N) is 1. The summed E-state index contributed by atoms with van der Waals surface area (Å²) in [7, 11) is 0. The molecule has 2 nitrogen and oxygen atoms in total. The predicted octanol–water partition coefficient (Wildman–Crippen LogP) is 2.34. The van der Waals surface area contributed by atoms with E-state index in [1.54, 1.807) is 0 Å². The Morgan fingerprint density at radius 2 is 2.21 bits per heavy atom. The van der Waals surface area contributed by atoms with E-state index in [1.807, 2.05) is 13.8 Å². The molecule has 1 N–H and O–H groups in total. The summed E-state index contributed by atoms with van der Waals surface area (Å²) in [5, 5.41) is 2.65. The Morgan fingerprint density at radius 1 is 1.57 bits per heavy atom. The molecule has 1 amide bonds. The minimum Gasteiger partial charge on any atom is -0.353 e. The number of hydrogen-bond acceptors (Lipinski definition) is 1. The van der Waals surface area contributed by atoms with E-state index in [1.165, 1.54) is 0 Å². The highest BCUT2D eigenvalue weighted by Crippen LogP contribution is 2.34. The first kappa shape index (κ1) is 11.4. The summed E-state index contributed by atoms with van der Waals surface area (Å²) in [6.45, 7) is 3.87. The third kappa shape index (κ3) is 3.60. The second-order valence-corrected chi connectivity index (χ2v) is 4.46. The summed E-state index contributed by atoms with van der Waals surface area (Å²) in [5.41, 5.74) is 0. The van der Waals surface area contributed by atoms with Crippen LogP contribution in [-0.2, 0) is 4.79 Å². The fourth-order valence-corrected chi connectivity index (χ4v) is 1.73. The second-order valence-electron chi connectivity index (χ2n) is 4.46. The van der Waals surface area contributed by atoms with E-state index in [-0.39, 0.29) is 30.7 Å². The van der Waals surface area contributed by atoms with Crippen molar-refractivity contribution >= 4 is 5.91 Å². The third-order valence-electron chi connectivity index (χ3n) is 2.36. The fraction of sp³-hybridized carbons (Fsp3) is 0.900. The van der Waals surface area contributed by atoms with Crippen molar-refractivity contribution in [3.05, 3.63) is 0 Å². The van der Waals surface area contributed by atoms with E-state index >= 15 is 0 Å². The summed E-state index contributed by atoms with van der Waals surface area (Å²) in [6.07, 6.45) is 0.523. The molecular formula is C10H17F2NO. The lowest BCUT2D eigenvalue weighted by molar-refractivity contribution is -0.122. The Labute approximate surface area is 83.1 Å². The average Bonchev–Trinajstić information content (AvgIpc) is 2.27. The van der Waals surface area contributed by atoms with Crippen LogP contribution < -0.4 is 5.32 Å². The lowest BCUT2D eigenvalue weighted by atomic mass is 10.1. The van der Waals surface area contributed by atoms with Gasteiger partial charge in [-0.15, -0.1) is 0 Å². The zero-order valence-corrected chi connectivity index (χ0v) is 8.65. The second kappa shape index (κ2) is 4.24. The van der Waals surface area contributed by atoms with Crippen molar-refractivity contribution in [1.82, 2.24) is 5.32 Å². The van der Waals surface area contributed by atoms with Crippen LogP contribution >= 0.6 is 0 Å². The maximum atomic E-state index is 12.8. The Bertz CT molecular complexity index is 216. The van der Waals surface area contributed by atoms with Crippen molar-refractivity contribution in [1.29, 1.82) is 0 Å². The predicted molar refractivity (Wildman–Crippen MR) is 50.2 cm³/mol. The van der Waals surface area contributed by atoms with Crippen LogP contribution in [0, 0.1) is 5.92 Å². The van der Waals surface area contributed by atoms with Gasteiger partial charge in [0, 0.05) is 25.3 Å². The summed E-state index contributed by atoms with van der Waals surface area (Å²) in [5.74, 6) is -2.41. The number of carbonyl (C=O) groups is 1. The first-order chi connectivity index (χ1) is 6.39. The first-order valence-corrected chi connectivity index (χ1v) is 5.06. The molecule has 0 spiro atoms. The molecule has 0 saturated heterocycles. The molecular weight excluding hydrogens is 188 g/mol. The largest absolute Gasteiger partial charge is 0.353 e. The van der Waals surface area contributed by atoms with Crippen LogP contribution in [-0.4, -0.2) is 17.9 Å². The maximum absolute atomic E-state index is 12.8. The summed E-state index contributed by atoms with van der Waals surface area (Å²) < 4.78 is 25.5. The maximum Gasteiger partial charge on any atom is 0.250 e. The van der Waals surface area contributed by atoms with Gasteiger partial charge in [0.05, 0.1) is 0 Å². The van der Waals surface area contributed by atoms with Crippen molar-refractivity contribution in [3.63, 3.8) is 0 Å². The molecule has 14 heavy (non-hydrogen) atoms. The van der Waals surface area contributed by atoms with Crippen LogP contribution in [0.5, 0.6) is 0 Å². The molecule has 0 aromatic carbocycles. The highest BCUT2D eigenvalue weighted by atomic mass is 19.3. The molecule has 1 atom stereocenters. The molecule has 0 radical (unpaired) electrons. The number of rotatable bonds is 3. The molecule has 4 heteroatoms. The van der Waals surface area contributed by atoms with E-state index < -0.39 is 5.92 Å². The highest BCUT2D eigenvalue weighted by molar-refractivity contribution is 5.76. The highest BCUT2D eigenvalue weighted by Gasteiger charge is 2.39. The molecule has 0 aromatic rings. The van der Waals surface area contributed by atoms with Gasteiger partial charge >= 0.3 is 0 Å². The van der Waals surface area contributed by atoms with E-state index in [4.69, 9.17) is 0 Å². The number of amides is 1. The number of halogens is 2. The van der Waals surface area contributed by atoms with Gasteiger partial charge in [-0.05, 0) is 12.3 Å². The zero-order chi connectivity index (χ0) is 10.8. The molecule has 1 aliphatic rings. The molecule has 0 aliphatic heterocycles. The van der Waals surface area contributed by atoms with Crippen molar-refractivity contribution in [2.24, 2.45) is 5.92 Å². The molecule has 1 rings (SSSR count).